The Balaban J connectivity index is 2.15. The number of esters is 1. The van der Waals surface area contributed by atoms with E-state index in [9.17, 15) is 9.59 Å². The van der Waals surface area contributed by atoms with Gasteiger partial charge in [-0.15, -0.1) is 11.8 Å². The Morgan fingerprint density at radius 3 is 2.44 bits per heavy atom. The molecule has 0 unspecified atom stereocenters. The molecule has 2 aromatic carbocycles. The van der Waals surface area contributed by atoms with Gasteiger partial charge in [-0.3, -0.25) is 9.59 Å². The van der Waals surface area contributed by atoms with Crippen LogP contribution < -0.4 is 19.5 Å². The number of amides is 1. The third-order valence-electron chi connectivity index (χ3n) is 4.88. The van der Waals surface area contributed by atoms with Crippen LogP contribution in [0.3, 0.4) is 0 Å². The number of carbonyl (C=O) groups excluding carboxylic acids is 2. The highest BCUT2D eigenvalue weighted by Crippen LogP contribution is 2.52. The average molecular weight is 480 g/mol. The molecular formula is C23H26ClNO6S. The normalized spacial score (nSPS) is 17.8. The molecule has 0 saturated carbocycles. The predicted octanol–water partition coefficient (Wildman–Crippen LogP) is 4.85. The summed E-state index contributed by atoms with van der Waals surface area (Å²) in [5.74, 6) is 0.760. The quantitative estimate of drug-likeness (QED) is 0.568. The van der Waals surface area contributed by atoms with Gasteiger partial charge in [-0.1, -0.05) is 23.7 Å². The van der Waals surface area contributed by atoms with Gasteiger partial charge in [0.05, 0.1) is 50.0 Å². The number of halogens is 1. The highest BCUT2D eigenvalue weighted by Gasteiger charge is 2.36. The van der Waals surface area contributed by atoms with E-state index in [-0.39, 0.29) is 18.4 Å². The number of hydrogen-bond donors (Lipinski definition) is 1. The molecule has 0 fully saturated rings. The van der Waals surface area contributed by atoms with E-state index in [0.29, 0.717) is 28.0 Å². The van der Waals surface area contributed by atoms with Crippen molar-refractivity contribution in [3.8, 4) is 17.2 Å². The maximum absolute atomic E-state index is 13.1. The molecule has 172 valence electrons. The lowest BCUT2D eigenvalue weighted by Crippen LogP contribution is -2.28. The van der Waals surface area contributed by atoms with Gasteiger partial charge < -0.3 is 24.3 Å². The molecule has 7 nitrogen and oxygen atoms in total. The molecule has 1 aliphatic heterocycles. The number of thioether (sulfide) groups is 1. The Hall–Kier alpha value is -2.58. The summed E-state index contributed by atoms with van der Waals surface area (Å²) < 4.78 is 21.9. The number of anilines is 1. The Morgan fingerprint density at radius 1 is 1.09 bits per heavy atom. The third-order valence-corrected chi connectivity index (χ3v) is 6.58. The largest absolute Gasteiger partial charge is 0.495 e. The van der Waals surface area contributed by atoms with Crippen LogP contribution in [0.1, 0.15) is 36.6 Å². The fourth-order valence-corrected chi connectivity index (χ4v) is 5.19. The molecule has 32 heavy (non-hydrogen) atoms. The molecular weight excluding hydrogens is 454 g/mol. The van der Waals surface area contributed by atoms with Crippen molar-refractivity contribution in [1.29, 1.82) is 0 Å². The molecule has 0 saturated heterocycles. The summed E-state index contributed by atoms with van der Waals surface area (Å²) >= 11 is 7.71. The van der Waals surface area contributed by atoms with Crippen LogP contribution in [0, 0.1) is 0 Å². The molecule has 0 aliphatic carbocycles. The highest BCUT2D eigenvalue weighted by molar-refractivity contribution is 8.01. The Labute approximate surface area is 196 Å². The molecule has 1 aliphatic rings. The fraction of sp³-hybridized carbons (Fsp3) is 0.391. The zero-order chi connectivity index (χ0) is 23.4. The lowest BCUT2D eigenvalue weighted by Gasteiger charge is -2.23. The van der Waals surface area contributed by atoms with E-state index in [2.05, 4.69) is 5.32 Å². The monoisotopic (exact) mass is 479 g/mol. The number of carbonyl (C=O) groups is 2. The van der Waals surface area contributed by atoms with Gasteiger partial charge in [0, 0.05) is 16.7 Å². The van der Waals surface area contributed by atoms with Gasteiger partial charge in [-0.2, -0.15) is 0 Å². The lowest BCUT2D eigenvalue weighted by atomic mass is 10.0. The van der Waals surface area contributed by atoms with E-state index in [0.717, 1.165) is 11.1 Å². The van der Waals surface area contributed by atoms with Crippen LogP contribution in [0.2, 0.25) is 5.02 Å². The second kappa shape index (κ2) is 10.4. The summed E-state index contributed by atoms with van der Waals surface area (Å²) in [6, 6.07) is 8.96. The smallest absolute Gasteiger partial charge is 0.307 e. The van der Waals surface area contributed by atoms with Crippen molar-refractivity contribution in [2.24, 2.45) is 0 Å². The van der Waals surface area contributed by atoms with Gasteiger partial charge in [-0.25, -0.2) is 0 Å². The molecule has 2 aromatic rings. The van der Waals surface area contributed by atoms with E-state index in [4.69, 9.17) is 30.5 Å². The average Bonchev–Trinajstić information content (AvgIpc) is 2.88. The first-order valence-electron chi connectivity index (χ1n) is 10.0. The number of benzene rings is 2. The van der Waals surface area contributed by atoms with E-state index in [1.807, 2.05) is 12.1 Å². The maximum atomic E-state index is 13.1. The molecule has 1 N–H and O–H groups in total. The first-order valence-corrected chi connectivity index (χ1v) is 11.3. The summed E-state index contributed by atoms with van der Waals surface area (Å²) in [7, 11) is 4.63. The van der Waals surface area contributed by atoms with Crippen LogP contribution in [0.15, 0.2) is 30.3 Å². The zero-order valence-electron chi connectivity index (χ0n) is 18.6. The number of nitrogens with one attached hydrogen (secondary N) is 1. The first kappa shape index (κ1) is 24.1. The maximum Gasteiger partial charge on any atom is 0.307 e. The number of ether oxygens (including phenoxy) is 4. The summed E-state index contributed by atoms with van der Waals surface area (Å²) in [5.41, 5.74) is 2.02. The van der Waals surface area contributed by atoms with Crippen LogP contribution in [0.4, 0.5) is 5.69 Å². The second-order valence-corrected chi connectivity index (χ2v) is 9.14. The van der Waals surface area contributed by atoms with E-state index in [1.54, 1.807) is 46.3 Å². The molecule has 3 rings (SSSR count). The number of methoxy groups -OCH3 is 3. The standard InChI is InChI=1S/C23H26ClNO6S/c1-12(2)31-19(26)11-18-23(27)25-20-15(9-13(24)10-17(20)29-4)22(32-18)14-7-6-8-16(28-3)21(14)30-5/h6-10,12,18,22H,11H2,1-5H3,(H,25,27)/t18-,22-/m0/s1. The van der Waals surface area contributed by atoms with Crippen molar-refractivity contribution in [3.63, 3.8) is 0 Å². The second-order valence-electron chi connectivity index (χ2n) is 7.39. The molecule has 1 amide bonds. The summed E-state index contributed by atoms with van der Waals surface area (Å²) in [5, 5.41) is 2.26. The molecule has 0 spiro atoms. The number of rotatable bonds is 7. The molecule has 0 aromatic heterocycles. The van der Waals surface area contributed by atoms with Crippen molar-refractivity contribution in [1.82, 2.24) is 0 Å². The lowest BCUT2D eigenvalue weighted by molar-refractivity contribution is -0.148. The summed E-state index contributed by atoms with van der Waals surface area (Å²) in [6.45, 7) is 3.54. The van der Waals surface area contributed by atoms with Crippen molar-refractivity contribution >= 4 is 40.9 Å². The minimum absolute atomic E-state index is 0.0818. The van der Waals surface area contributed by atoms with Crippen LogP contribution in [-0.2, 0) is 14.3 Å². The minimum atomic E-state index is -0.710. The number of para-hydroxylation sites is 1. The van der Waals surface area contributed by atoms with Gasteiger partial charge in [0.25, 0.3) is 0 Å². The van der Waals surface area contributed by atoms with E-state index in [1.165, 1.54) is 18.9 Å². The third kappa shape index (κ3) is 5.07. The van der Waals surface area contributed by atoms with Crippen molar-refractivity contribution < 1.29 is 28.5 Å². The van der Waals surface area contributed by atoms with Crippen molar-refractivity contribution in [3.05, 3.63) is 46.5 Å². The van der Waals surface area contributed by atoms with Crippen LogP contribution in [-0.4, -0.2) is 44.6 Å². The van der Waals surface area contributed by atoms with Gasteiger partial charge >= 0.3 is 5.97 Å². The van der Waals surface area contributed by atoms with E-state index < -0.39 is 16.5 Å². The van der Waals surface area contributed by atoms with E-state index >= 15 is 0 Å². The topological polar surface area (TPSA) is 83.1 Å². The number of hydrogen-bond acceptors (Lipinski definition) is 7. The minimum Gasteiger partial charge on any atom is -0.495 e. The van der Waals surface area contributed by atoms with Crippen LogP contribution in [0.25, 0.3) is 0 Å². The summed E-state index contributed by atoms with van der Waals surface area (Å²) in [4.78, 5) is 25.5. The van der Waals surface area contributed by atoms with Crippen LogP contribution in [0.5, 0.6) is 17.2 Å². The highest BCUT2D eigenvalue weighted by atomic mass is 35.5. The van der Waals surface area contributed by atoms with Gasteiger partial charge in [0.1, 0.15) is 5.75 Å². The molecule has 0 radical (unpaired) electrons. The Kier molecular flexibility index (Phi) is 7.79. The Bertz CT molecular complexity index is 1010. The van der Waals surface area contributed by atoms with Gasteiger partial charge in [-0.05, 0) is 31.5 Å². The Morgan fingerprint density at radius 2 is 1.81 bits per heavy atom. The molecule has 0 bridgehead atoms. The zero-order valence-corrected chi connectivity index (χ0v) is 20.1. The SMILES string of the molecule is COc1cc(Cl)cc2c1NC(=O)[C@H](CC(=O)OC(C)C)S[C@H]2c1cccc(OC)c1OC. The van der Waals surface area contributed by atoms with Crippen molar-refractivity contribution in [2.75, 3.05) is 26.6 Å². The predicted molar refractivity (Wildman–Crippen MR) is 125 cm³/mol. The first-order chi connectivity index (χ1) is 15.3. The van der Waals surface area contributed by atoms with Crippen LogP contribution >= 0.6 is 23.4 Å². The number of fused-ring (bicyclic) bond motifs is 1. The fourth-order valence-electron chi connectivity index (χ4n) is 3.57. The van der Waals surface area contributed by atoms with Gasteiger partial charge in [0.2, 0.25) is 5.91 Å². The molecule has 1 heterocycles. The molecule has 9 heteroatoms. The van der Waals surface area contributed by atoms with Crippen molar-refractivity contribution in [2.45, 2.75) is 36.9 Å². The van der Waals surface area contributed by atoms with Gasteiger partial charge in [0.15, 0.2) is 11.5 Å². The molecule has 2 atom stereocenters. The summed E-state index contributed by atoms with van der Waals surface area (Å²) in [6.07, 6.45) is -0.353.